The van der Waals surface area contributed by atoms with Crippen molar-refractivity contribution in [2.24, 2.45) is 0 Å². The molecule has 3 aromatic rings. The van der Waals surface area contributed by atoms with E-state index in [0.29, 0.717) is 6.04 Å². The fraction of sp³-hybridized carbons (Fsp3) is 0.333. The molecule has 0 atom stereocenters. The van der Waals surface area contributed by atoms with Crippen LogP contribution < -0.4 is 5.32 Å². The second-order valence-corrected chi connectivity index (χ2v) is 8.88. The fourth-order valence-corrected chi connectivity index (χ4v) is 5.49. The second-order valence-electron chi connectivity index (χ2n) is 8.88. The third kappa shape index (κ3) is 3.16. The topological polar surface area (TPSA) is 15.3 Å². The Bertz CT molecular complexity index is 998. The van der Waals surface area contributed by atoms with Crippen molar-refractivity contribution in [2.45, 2.75) is 43.7 Å². The minimum Gasteiger partial charge on any atom is -0.382 e. The maximum absolute atomic E-state index is 3.93. The minimum absolute atomic E-state index is 0.161. The molecule has 1 fully saturated rings. The van der Waals surface area contributed by atoms with Gasteiger partial charge in [-0.05, 0) is 73.7 Å². The molecule has 0 spiro atoms. The van der Waals surface area contributed by atoms with Crippen LogP contribution in [-0.2, 0) is 12.0 Å². The lowest BCUT2D eigenvalue weighted by Crippen LogP contribution is -2.46. The van der Waals surface area contributed by atoms with Gasteiger partial charge in [0.15, 0.2) is 0 Å². The van der Waals surface area contributed by atoms with E-state index in [1.807, 2.05) is 0 Å². The fourth-order valence-electron chi connectivity index (χ4n) is 5.49. The van der Waals surface area contributed by atoms with E-state index >= 15 is 0 Å². The maximum atomic E-state index is 3.93. The van der Waals surface area contributed by atoms with Crippen LogP contribution in [0.1, 0.15) is 42.4 Å². The maximum Gasteiger partial charge on any atom is 0.0456 e. The summed E-state index contributed by atoms with van der Waals surface area (Å²) in [5.74, 6) is 0. The summed E-state index contributed by atoms with van der Waals surface area (Å²) in [6.45, 7) is 0. The van der Waals surface area contributed by atoms with E-state index in [9.17, 15) is 0 Å². The SMILES string of the molecule is CN(C)C1(c2ccccc2)CCC(Nc2cccc3c2Cc2ccccc2-3)CC1. The Kier molecular flexibility index (Phi) is 4.67. The Balaban J connectivity index is 1.35. The van der Waals surface area contributed by atoms with Crippen molar-refractivity contribution in [3.05, 3.63) is 89.5 Å². The third-order valence-electron chi connectivity index (χ3n) is 7.19. The van der Waals surface area contributed by atoms with Crippen molar-refractivity contribution in [1.82, 2.24) is 4.90 Å². The van der Waals surface area contributed by atoms with E-state index in [4.69, 9.17) is 0 Å². The van der Waals surface area contributed by atoms with E-state index in [0.717, 1.165) is 6.42 Å². The van der Waals surface area contributed by atoms with Crippen molar-refractivity contribution >= 4 is 5.69 Å². The first-order chi connectivity index (χ1) is 14.2. The summed E-state index contributed by atoms with van der Waals surface area (Å²) in [4.78, 5) is 2.44. The van der Waals surface area contributed by atoms with Crippen LogP contribution in [0.2, 0.25) is 0 Å². The first kappa shape index (κ1) is 18.4. The molecule has 2 nitrogen and oxygen atoms in total. The molecule has 1 saturated carbocycles. The monoisotopic (exact) mass is 382 g/mol. The average Bonchev–Trinajstić information content (AvgIpc) is 3.15. The van der Waals surface area contributed by atoms with Gasteiger partial charge in [0, 0.05) is 23.7 Å². The van der Waals surface area contributed by atoms with Gasteiger partial charge in [-0.25, -0.2) is 0 Å². The highest BCUT2D eigenvalue weighted by Crippen LogP contribution is 2.44. The molecule has 0 amide bonds. The lowest BCUT2D eigenvalue weighted by molar-refractivity contribution is 0.0945. The van der Waals surface area contributed by atoms with Crippen LogP contribution in [0.25, 0.3) is 11.1 Å². The highest BCUT2D eigenvalue weighted by atomic mass is 15.1. The molecule has 29 heavy (non-hydrogen) atoms. The van der Waals surface area contributed by atoms with E-state index < -0.39 is 0 Å². The molecular formula is C27H30N2. The average molecular weight is 383 g/mol. The van der Waals surface area contributed by atoms with Gasteiger partial charge < -0.3 is 5.32 Å². The van der Waals surface area contributed by atoms with Crippen LogP contribution in [0.3, 0.4) is 0 Å². The van der Waals surface area contributed by atoms with Crippen LogP contribution in [0.15, 0.2) is 72.8 Å². The molecule has 0 aliphatic heterocycles. The Morgan fingerprint density at radius 1 is 0.793 bits per heavy atom. The number of nitrogens with one attached hydrogen (secondary N) is 1. The number of fused-ring (bicyclic) bond motifs is 3. The molecule has 0 radical (unpaired) electrons. The van der Waals surface area contributed by atoms with Gasteiger partial charge in [-0.3, -0.25) is 4.90 Å². The molecule has 3 aromatic carbocycles. The van der Waals surface area contributed by atoms with Gasteiger partial charge in [0.2, 0.25) is 0 Å². The predicted octanol–water partition coefficient (Wildman–Crippen LogP) is 6.07. The summed E-state index contributed by atoms with van der Waals surface area (Å²) >= 11 is 0. The van der Waals surface area contributed by atoms with Gasteiger partial charge in [-0.15, -0.1) is 0 Å². The lowest BCUT2D eigenvalue weighted by Gasteiger charge is -2.46. The highest BCUT2D eigenvalue weighted by molar-refractivity contribution is 5.82. The molecule has 0 saturated heterocycles. The molecule has 0 heterocycles. The van der Waals surface area contributed by atoms with E-state index in [2.05, 4.69) is 97.1 Å². The molecule has 5 rings (SSSR count). The van der Waals surface area contributed by atoms with Gasteiger partial charge >= 0.3 is 0 Å². The van der Waals surface area contributed by atoms with Crippen LogP contribution in [0, 0.1) is 0 Å². The number of rotatable bonds is 4. The summed E-state index contributed by atoms with van der Waals surface area (Å²) in [5, 5.41) is 3.93. The molecule has 2 heteroatoms. The summed E-state index contributed by atoms with van der Waals surface area (Å²) in [5.41, 5.74) is 8.70. The Hall–Kier alpha value is -2.58. The van der Waals surface area contributed by atoms with Gasteiger partial charge in [-0.2, -0.15) is 0 Å². The molecule has 2 aliphatic rings. The van der Waals surface area contributed by atoms with Gasteiger partial charge in [-0.1, -0.05) is 66.7 Å². The quantitative estimate of drug-likeness (QED) is 0.461. The first-order valence-corrected chi connectivity index (χ1v) is 10.9. The zero-order valence-electron chi connectivity index (χ0n) is 17.5. The predicted molar refractivity (Wildman–Crippen MR) is 122 cm³/mol. The highest BCUT2D eigenvalue weighted by Gasteiger charge is 2.38. The molecule has 0 bridgehead atoms. The van der Waals surface area contributed by atoms with E-state index in [1.165, 1.54) is 59.2 Å². The largest absolute Gasteiger partial charge is 0.382 e. The summed E-state index contributed by atoms with van der Waals surface area (Å²) in [7, 11) is 4.48. The van der Waals surface area contributed by atoms with Crippen LogP contribution in [0.4, 0.5) is 5.69 Å². The Morgan fingerprint density at radius 3 is 2.24 bits per heavy atom. The molecule has 0 unspecified atom stereocenters. The smallest absolute Gasteiger partial charge is 0.0456 e. The normalized spacial score (nSPS) is 22.9. The van der Waals surface area contributed by atoms with Crippen LogP contribution in [-0.4, -0.2) is 25.0 Å². The number of nitrogens with zero attached hydrogens (tertiary/aromatic N) is 1. The molecule has 0 aromatic heterocycles. The van der Waals surface area contributed by atoms with Crippen molar-refractivity contribution in [3.63, 3.8) is 0 Å². The standard InChI is InChI=1S/C27H30N2/c1-29(2)27(21-10-4-3-5-11-21)17-15-22(16-18-27)28-26-14-8-13-24-23-12-7-6-9-20(23)19-25(24)26/h3-14,22,28H,15-19H2,1-2H3. The van der Waals surface area contributed by atoms with Crippen molar-refractivity contribution in [3.8, 4) is 11.1 Å². The summed E-state index contributed by atoms with van der Waals surface area (Å²) in [6, 6.07) is 27.2. The summed E-state index contributed by atoms with van der Waals surface area (Å²) < 4.78 is 0. The van der Waals surface area contributed by atoms with Crippen LogP contribution >= 0.6 is 0 Å². The summed E-state index contributed by atoms with van der Waals surface area (Å²) in [6.07, 6.45) is 5.83. The number of anilines is 1. The van der Waals surface area contributed by atoms with Crippen molar-refractivity contribution in [2.75, 3.05) is 19.4 Å². The number of hydrogen-bond acceptors (Lipinski definition) is 2. The minimum atomic E-state index is 0.161. The third-order valence-corrected chi connectivity index (χ3v) is 7.19. The Labute approximate surface area is 174 Å². The van der Waals surface area contributed by atoms with Gasteiger partial charge in [0.1, 0.15) is 0 Å². The lowest BCUT2D eigenvalue weighted by atomic mass is 9.74. The number of hydrogen-bond donors (Lipinski definition) is 1. The van der Waals surface area contributed by atoms with Gasteiger partial charge in [0.05, 0.1) is 0 Å². The first-order valence-electron chi connectivity index (χ1n) is 10.9. The number of benzene rings is 3. The Morgan fingerprint density at radius 2 is 1.48 bits per heavy atom. The van der Waals surface area contributed by atoms with E-state index in [-0.39, 0.29) is 5.54 Å². The molecule has 1 N–H and O–H groups in total. The van der Waals surface area contributed by atoms with Crippen LogP contribution in [0.5, 0.6) is 0 Å². The van der Waals surface area contributed by atoms with Gasteiger partial charge in [0.25, 0.3) is 0 Å². The van der Waals surface area contributed by atoms with Crippen molar-refractivity contribution < 1.29 is 0 Å². The molecule has 2 aliphatic carbocycles. The van der Waals surface area contributed by atoms with Crippen molar-refractivity contribution in [1.29, 1.82) is 0 Å². The van der Waals surface area contributed by atoms with E-state index in [1.54, 1.807) is 0 Å². The second kappa shape index (κ2) is 7.35. The molecular weight excluding hydrogens is 352 g/mol. The zero-order chi connectivity index (χ0) is 19.8. The zero-order valence-corrected chi connectivity index (χ0v) is 17.5. The molecule has 148 valence electrons.